The lowest BCUT2D eigenvalue weighted by molar-refractivity contribution is -0.121. The van der Waals surface area contributed by atoms with Crippen molar-refractivity contribution in [1.82, 2.24) is 25.1 Å². The van der Waals surface area contributed by atoms with Crippen LogP contribution in [0, 0.1) is 13.8 Å². The third-order valence-corrected chi connectivity index (χ3v) is 3.85. The predicted octanol–water partition coefficient (Wildman–Crippen LogP) is 1.96. The molecule has 0 aliphatic rings. The topological polar surface area (TPSA) is 75.6 Å². The molecule has 0 aliphatic carbocycles. The minimum Gasteiger partial charge on any atom is -0.347 e. The van der Waals surface area contributed by atoms with Gasteiger partial charge < -0.3 is 10.3 Å². The summed E-state index contributed by atoms with van der Waals surface area (Å²) < 4.78 is 1.86. The van der Waals surface area contributed by atoms with Gasteiger partial charge in [-0.2, -0.15) is 5.10 Å². The van der Waals surface area contributed by atoms with Crippen LogP contribution >= 0.6 is 0 Å². The number of hydrogen-bond donors (Lipinski definition) is 2. The van der Waals surface area contributed by atoms with Gasteiger partial charge in [-0.25, -0.2) is 4.98 Å². The summed E-state index contributed by atoms with van der Waals surface area (Å²) in [5.74, 6) is 0.848. The molecule has 21 heavy (non-hydrogen) atoms. The molecule has 1 amide bonds. The molecule has 2 rings (SSSR count). The van der Waals surface area contributed by atoms with Crippen molar-refractivity contribution in [2.75, 3.05) is 0 Å². The molecule has 2 N–H and O–H groups in total. The van der Waals surface area contributed by atoms with Gasteiger partial charge in [-0.3, -0.25) is 9.48 Å². The van der Waals surface area contributed by atoms with E-state index in [0.717, 1.165) is 23.6 Å². The first-order valence-electron chi connectivity index (χ1n) is 7.30. The number of hydrogen-bond acceptors (Lipinski definition) is 3. The Kier molecular flexibility index (Phi) is 4.77. The summed E-state index contributed by atoms with van der Waals surface area (Å²) in [7, 11) is 1.93. The fraction of sp³-hybridized carbons (Fsp3) is 0.533. The Labute approximate surface area is 125 Å². The molecule has 2 heterocycles. The largest absolute Gasteiger partial charge is 0.347 e. The first kappa shape index (κ1) is 15.3. The van der Waals surface area contributed by atoms with Gasteiger partial charge in [-0.1, -0.05) is 6.92 Å². The number of amides is 1. The maximum Gasteiger partial charge on any atom is 0.220 e. The first-order chi connectivity index (χ1) is 10.0. The molecule has 0 saturated carbocycles. The average molecular weight is 289 g/mol. The molecule has 0 fully saturated rings. The minimum absolute atomic E-state index is 0.0425. The zero-order chi connectivity index (χ0) is 15.4. The number of nitrogens with one attached hydrogen (secondary N) is 2. The van der Waals surface area contributed by atoms with Crippen molar-refractivity contribution in [1.29, 1.82) is 0 Å². The Morgan fingerprint density at radius 2 is 2.24 bits per heavy atom. The maximum absolute atomic E-state index is 12.1. The summed E-state index contributed by atoms with van der Waals surface area (Å²) in [6.07, 6.45) is 5.46. The van der Waals surface area contributed by atoms with Crippen LogP contribution < -0.4 is 5.32 Å². The Morgan fingerprint density at radius 3 is 2.76 bits per heavy atom. The van der Waals surface area contributed by atoms with Crippen molar-refractivity contribution in [3.05, 3.63) is 35.2 Å². The lowest BCUT2D eigenvalue weighted by Crippen LogP contribution is -2.29. The quantitative estimate of drug-likeness (QED) is 0.853. The number of nitrogens with zero attached hydrogens (tertiary/aromatic N) is 3. The Bertz CT molecular complexity index is 600. The van der Waals surface area contributed by atoms with E-state index in [2.05, 4.69) is 20.4 Å². The minimum atomic E-state index is -0.0522. The van der Waals surface area contributed by atoms with Crippen LogP contribution in [0.1, 0.15) is 48.6 Å². The van der Waals surface area contributed by atoms with Gasteiger partial charge in [0, 0.05) is 31.6 Å². The highest BCUT2D eigenvalue weighted by atomic mass is 16.1. The van der Waals surface area contributed by atoms with E-state index in [0.29, 0.717) is 12.8 Å². The van der Waals surface area contributed by atoms with Crippen LogP contribution in [0.2, 0.25) is 0 Å². The molecule has 1 atom stereocenters. The molecule has 0 saturated heterocycles. The Hall–Kier alpha value is -2.11. The predicted molar refractivity (Wildman–Crippen MR) is 80.8 cm³/mol. The van der Waals surface area contributed by atoms with Crippen molar-refractivity contribution in [3.63, 3.8) is 0 Å². The zero-order valence-corrected chi connectivity index (χ0v) is 13.1. The van der Waals surface area contributed by atoms with Crippen molar-refractivity contribution >= 4 is 5.91 Å². The highest BCUT2D eigenvalue weighted by molar-refractivity contribution is 5.76. The molecule has 0 spiro atoms. The molecule has 2 aromatic rings. The van der Waals surface area contributed by atoms with Gasteiger partial charge >= 0.3 is 0 Å². The molecule has 0 aromatic carbocycles. The lowest BCUT2D eigenvalue weighted by atomic mass is 10.1. The third-order valence-electron chi connectivity index (χ3n) is 3.85. The normalized spacial score (nSPS) is 12.4. The molecule has 114 valence electrons. The second-order valence-corrected chi connectivity index (χ2v) is 5.28. The van der Waals surface area contributed by atoms with Crippen LogP contribution in [-0.4, -0.2) is 25.7 Å². The van der Waals surface area contributed by atoms with E-state index in [4.69, 9.17) is 0 Å². The van der Waals surface area contributed by atoms with Gasteiger partial charge in [0.15, 0.2) is 0 Å². The lowest BCUT2D eigenvalue weighted by Gasteiger charge is -2.14. The van der Waals surface area contributed by atoms with E-state index < -0.39 is 0 Å². The first-order valence-corrected chi connectivity index (χ1v) is 7.30. The van der Waals surface area contributed by atoms with Crippen LogP contribution in [0.25, 0.3) is 0 Å². The fourth-order valence-electron chi connectivity index (χ4n) is 2.52. The maximum atomic E-state index is 12.1. The van der Waals surface area contributed by atoms with Gasteiger partial charge in [0.2, 0.25) is 5.91 Å². The fourth-order valence-corrected chi connectivity index (χ4v) is 2.52. The highest BCUT2D eigenvalue weighted by Crippen LogP contribution is 2.15. The van der Waals surface area contributed by atoms with E-state index >= 15 is 0 Å². The van der Waals surface area contributed by atoms with Crippen molar-refractivity contribution in [2.45, 2.75) is 46.1 Å². The van der Waals surface area contributed by atoms with E-state index in [1.165, 1.54) is 5.56 Å². The smallest absolute Gasteiger partial charge is 0.220 e. The van der Waals surface area contributed by atoms with Crippen LogP contribution in [0.3, 0.4) is 0 Å². The van der Waals surface area contributed by atoms with Crippen molar-refractivity contribution < 1.29 is 4.79 Å². The van der Waals surface area contributed by atoms with Gasteiger partial charge in [-0.15, -0.1) is 0 Å². The number of rotatable bonds is 6. The number of aromatic amines is 1. The van der Waals surface area contributed by atoms with Gasteiger partial charge in [-0.05, 0) is 32.3 Å². The van der Waals surface area contributed by atoms with Crippen LogP contribution in [0.5, 0.6) is 0 Å². The molecule has 0 radical (unpaired) electrons. The SMILES string of the molecule is CCC(NC(=O)CCc1c(C)nn(C)c1C)c1ncc[nH]1. The van der Waals surface area contributed by atoms with Crippen molar-refractivity contribution in [2.24, 2.45) is 7.05 Å². The van der Waals surface area contributed by atoms with Crippen LogP contribution in [-0.2, 0) is 18.3 Å². The Morgan fingerprint density at radius 1 is 1.48 bits per heavy atom. The highest BCUT2D eigenvalue weighted by Gasteiger charge is 2.16. The molecule has 1 unspecified atom stereocenters. The van der Waals surface area contributed by atoms with Crippen LogP contribution in [0.15, 0.2) is 12.4 Å². The van der Waals surface area contributed by atoms with Gasteiger partial charge in [0.1, 0.15) is 5.82 Å². The van der Waals surface area contributed by atoms with E-state index in [9.17, 15) is 4.79 Å². The third kappa shape index (κ3) is 3.51. The van der Waals surface area contributed by atoms with E-state index in [1.54, 1.807) is 12.4 Å². The number of H-pyrrole nitrogens is 1. The molecular weight excluding hydrogens is 266 g/mol. The second kappa shape index (κ2) is 6.56. The average Bonchev–Trinajstić information content (AvgIpc) is 3.05. The summed E-state index contributed by atoms with van der Waals surface area (Å²) >= 11 is 0. The second-order valence-electron chi connectivity index (χ2n) is 5.28. The summed E-state index contributed by atoms with van der Waals surface area (Å²) in [6, 6.07) is -0.0522. The molecular formula is C15H23N5O. The summed E-state index contributed by atoms with van der Waals surface area (Å²) in [5, 5.41) is 7.40. The Balaban J connectivity index is 1.93. The molecule has 6 heteroatoms. The molecule has 0 aliphatic heterocycles. The number of carbonyl (C=O) groups excluding carboxylic acids is 1. The zero-order valence-electron chi connectivity index (χ0n) is 13.1. The van der Waals surface area contributed by atoms with E-state index in [-0.39, 0.29) is 11.9 Å². The number of aryl methyl sites for hydroxylation is 2. The standard InChI is InChI=1S/C15H23N5O/c1-5-13(15-16-8-9-17-15)18-14(21)7-6-12-10(2)19-20(4)11(12)3/h8-9,13H,5-7H2,1-4H3,(H,16,17)(H,18,21). The van der Waals surface area contributed by atoms with Gasteiger partial charge in [0.05, 0.1) is 11.7 Å². The van der Waals surface area contributed by atoms with Crippen LogP contribution in [0.4, 0.5) is 0 Å². The summed E-state index contributed by atoms with van der Waals surface area (Å²) in [4.78, 5) is 19.4. The number of imidazole rings is 1. The summed E-state index contributed by atoms with van der Waals surface area (Å²) in [5.41, 5.74) is 3.29. The van der Waals surface area contributed by atoms with Gasteiger partial charge in [0.25, 0.3) is 0 Å². The number of aromatic nitrogens is 4. The number of carbonyl (C=O) groups is 1. The summed E-state index contributed by atoms with van der Waals surface area (Å²) in [6.45, 7) is 6.05. The van der Waals surface area contributed by atoms with E-state index in [1.807, 2.05) is 32.5 Å². The van der Waals surface area contributed by atoms with Crippen molar-refractivity contribution in [3.8, 4) is 0 Å². The molecule has 2 aromatic heterocycles. The molecule has 0 bridgehead atoms. The molecule has 6 nitrogen and oxygen atoms in total. The monoisotopic (exact) mass is 289 g/mol.